The summed E-state index contributed by atoms with van der Waals surface area (Å²) >= 11 is 0. The van der Waals surface area contributed by atoms with Crippen LogP contribution in [-0.2, 0) is 0 Å². The fraction of sp³-hybridized carbons (Fsp3) is 0.400. The van der Waals surface area contributed by atoms with Crippen LogP contribution in [0, 0.1) is 0 Å². The van der Waals surface area contributed by atoms with Gasteiger partial charge in [-0.2, -0.15) is 0 Å². The van der Waals surface area contributed by atoms with Crippen LogP contribution in [0.25, 0.3) is 0 Å². The maximum absolute atomic E-state index is 9.48. The van der Waals surface area contributed by atoms with Crippen LogP contribution < -0.4 is 5.73 Å². The van der Waals surface area contributed by atoms with Crippen molar-refractivity contribution in [3.05, 3.63) is 17.7 Å². The summed E-state index contributed by atoms with van der Waals surface area (Å²) in [7, 11) is 0. The van der Waals surface area contributed by atoms with Crippen LogP contribution in [0.1, 0.15) is 24.4 Å². The van der Waals surface area contributed by atoms with Crippen LogP contribution >= 0.6 is 12.4 Å². The molecule has 0 aliphatic carbocycles. The molecule has 1 atom stereocenters. The van der Waals surface area contributed by atoms with E-state index in [9.17, 15) is 10.2 Å². The molecule has 0 saturated carbocycles. The van der Waals surface area contributed by atoms with Crippen molar-refractivity contribution in [1.29, 1.82) is 0 Å². The second-order valence-corrected chi connectivity index (χ2v) is 3.37. The van der Waals surface area contributed by atoms with Crippen molar-refractivity contribution in [2.75, 3.05) is 6.61 Å². The average molecular weight is 250 g/mol. The summed E-state index contributed by atoms with van der Waals surface area (Å²) in [5, 5.41) is 36.7. The standard InChI is InChI=1S/C10H15NO4.ClH/c11-7(2-1-3-12)10-8(14)4-6(13)5-9(10)15;/h4-5,7,12-15H,1-3,11H2;1H/t7-;/m0./s1. The molecular formula is C10H16ClNO4. The molecule has 6 heteroatoms. The van der Waals surface area contributed by atoms with E-state index >= 15 is 0 Å². The van der Waals surface area contributed by atoms with Crippen molar-refractivity contribution < 1.29 is 20.4 Å². The highest BCUT2D eigenvalue weighted by Crippen LogP contribution is 2.36. The fourth-order valence-corrected chi connectivity index (χ4v) is 1.44. The van der Waals surface area contributed by atoms with Gasteiger partial charge in [0.25, 0.3) is 0 Å². The SMILES string of the molecule is Cl.N[C@@H](CCCO)c1c(O)cc(O)cc1O. The van der Waals surface area contributed by atoms with Gasteiger partial charge in [-0.05, 0) is 12.8 Å². The Morgan fingerprint density at radius 3 is 2.06 bits per heavy atom. The second-order valence-electron chi connectivity index (χ2n) is 3.37. The number of phenols is 3. The highest BCUT2D eigenvalue weighted by molar-refractivity contribution is 5.85. The maximum Gasteiger partial charge on any atom is 0.127 e. The predicted molar refractivity (Wildman–Crippen MR) is 61.9 cm³/mol. The number of aliphatic hydroxyl groups is 1. The van der Waals surface area contributed by atoms with Gasteiger partial charge < -0.3 is 26.2 Å². The van der Waals surface area contributed by atoms with Crippen LogP contribution in [0.3, 0.4) is 0 Å². The Morgan fingerprint density at radius 1 is 1.12 bits per heavy atom. The number of aromatic hydroxyl groups is 3. The molecule has 6 N–H and O–H groups in total. The molecule has 0 radical (unpaired) electrons. The topological polar surface area (TPSA) is 107 Å². The highest BCUT2D eigenvalue weighted by Gasteiger charge is 2.16. The summed E-state index contributed by atoms with van der Waals surface area (Å²) in [5.41, 5.74) is 5.92. The largest absolute Gasteiger partial charge is 0.508 e. The molecule has 0 aliphatic heterocycles. The molecule has 0 saturated heterocycles. The van der Waals surface area contributed by atoms with Gasteiger partial charge in [0.05, 0.1) is 5.56 Å². The van der Waals surface area contributed by atoms with E-state index in [1.807, 2.05) is 0 Å². The van der Waals surface area contributed by atoms with Crippen molar-refractivity contribution in [2.45, 2.75) is 18.9 Å². The average Bonchev–Trinajstić information content (AvgIpc) is 2.12. The van der Waals surface area contributed by atoms with E-state index in [1.54, 1.807) is 0 Å². The first-order valence-corrected chi connectivity index (χ1v) is 4.67. The number of benzene rings is 1. The van der Waals surface area contributed by atoms with Gasteiger partial charge in [0.2, 0.25) is 0 Å². The zero-order valence-electron chi connectivity index (χ0n) is 8.63. The third-order valence-electron chi connectivity index (χ3n) is 2.17. The third kappa shape index (κ3) is 3.44. The van der Waals surface area contributed by atoms with Crippen LogP contribution in [-0.4, -0.2) is 27.0 Å². The lowest BCUT2D eigenvalue weighted by molar-refractivity contribution is 0.278. The molecular weight excluding hydrogens is 234 g/mol. The van der Waals surface area contributed by atoms with Crippen LogP contribution in [0.5, 0.6) is 17.2 Å². The molecule has 0 aromatic heterocycles. The van der Waals surface area contributed by atoms with Crippen molar-refractivity contribution in [1.82, 2.24) is 0 Å². The van der Waals surface area contributed by atoms with Gasteiger partial charge >= 0.3 is 0 Å². The Labute approximate surface area is 99.6 Å². The van der Waals surface area contributed by atoms with Gasteiger partial charge in [0.15, 0.2) is 0 Å². The minimum atomic E-state index is -0.558. The van der Waals surface area contributed by atoms with Crippen molar-refractivity contribution in [2.24, 2.45) is 5.73 Å². The van der Waals surface area contributed by atoms with E-state index < -0.39 is 6.04 Å². The van der Waals surface area contributed by atoms with Gasteiger partial charge in [-0.25, -0.2) is 0 Å². The molecule has 0 amide bonds. The Bertz CT molecular complexity index is 323. The lowest BCUT2D eigenvalue weighted by Crippen LogP contribution is -2.11. The van der Waals surface area contributed by atoms with Crippen molar-refractivity contribution in [3.63, 3.8) is 0 Å². The number of phenolic OH excluding ortho intramolecular Hbond substituents is 3. The fourth-order valence-electron chi connectivity index (χ4n) is 1.44. The van der Waals surface area contributed by atoms with E-state index in [0.29, 0.717) is 12.8 Å². The minimum absolute atomic E-state index is 0. The summed E-state index contributed by atoms with van der Waals surface area (Å²) < 4.78 is 0. The number of nitrogens with two attached hydrogens (primary N) is 1. The van der Waals surface area contributed by atoms with E-state index in [4.69, 9.17) is 15.9 Å². The van der Waals surface area contributed by atoms with E-state index in [1.165, 1.54) is 0 Å². The van der Waals surface area contributed by atoms with E-state index in [0.717, 1.165) is 12.1 Å². The van der Waals surface area contributed by atoms with Crippen LogP contribution in [0.2, 0.25) is 0 Å². The zero-order chi connectivity index (χ0) is 11.4. The Kier molecular flexibility index (Phi) is 5.95. The van der Waals surface area contributed by atoms with E-state index in [2.05, 4.69) is 0 Å². The molecule has 92 valence electrons. The van der Waals surface area contributed by atoms with Gasteiger partial charge in [-0.1, -0.05) is 0 Å². The summed E-state index contributed by atoms with van der Waals surface area (Å²) in [6.07, 6.45) is 0.934. The zero-order valence-corrected chi connectivity index (χ0v) is 9.44. The predicted octanol–water partition coefficient (Wildman–Crippen LogP) is 0.997. The Hall–Kier alpha value is -1.17. The van der Waals surface area contributed by atoms with Crippen molar-refractivity contribution >= 4 is 12.4 Å². The van der Waals surface area contributed by atoms with Gasteiger partial charge in [0, 0.05) is 24.8 Å². The van der Waals surface area contributed by atoms with E-state index in [-0.39, 0.29) is 41.8 Å². The lowest BCUT2D eigenvalue weighted by Gasteiger charge is -2.14. The summed E-state index contributed by atoms with van der Waals surface area (Å²) in [6.45, 7) is 0.00725. The first kappa shape index (κ1) is 14.8. The Balaban J connectivity index is 0.00000225. The van der Waals surface area contributed by atoms with Crippen LogP contribution in [0.4, 0.5) is 0 Å². The van der Waals surface area contributed by atoms with Crippen molar-refractivity contribution in [3.8, 4) is 17.2 Å². The number of hydrogen-bond donors (Lipinski definition) is 5. The number of aliphatic hydroxyl groups excluding tert-OH is 1. The number of hydrogen-bond acceptors (Lipinski definition) is 5. The molecule has 0 spiro atoms. The molecule has 16 heavy (non-hydrogen) atoms. The molecule has 1 aromatic rings. The molecule has 5 nitrogen and oxygen atoms in total. The summed E-state index contributed by atoms with van der Waals surface area (Å²) in [6, 6.07) is 1.68. The molecule has 0 heterocycles. The van der Waals surface area contributed by atoms with Gasteiger partial charge in [0.1, 0.15) is 17.2 Å². The molecule has 0 fully saturated rings. The normalized spacial score (nSPS) is 11.9. The monoisotopic (exact) mass is 249 g/mol. The quantitative estimate of drug-likeness (QED) is 0.547. The van der Waals surface area contributed by atoms with Gasteiger partial charge in [-0.15, -0.1) is 12.4 Å². The molecule has 1 rings (SSSR count). The molecule has 0 bridgehead atoms. The molecule has 0 aliphatic rings. The highest BCUT2D eigenvalue weighted by atomic mass is 35.5. The first-order valence-electron chi connectivity index (χ1n) is 4.67. The van der Waals surface area contributed by atoms with Crippen LogP contribution in [0.15, 0.2) is 12.1 Å². The van der Waals surface area contributed by atoms with Gasteiger partial charge in [-0.3, -0.25) is 0 Å². The number of rotatable bonds is 4. The molecule has 1 aromatic carbocycles. The summed E-state index contributed by atoms with van der Waals surface area (Å²) in [4.78, 5) is 0. The smallest absolute Gasteiger partial charge is 0.127 e. The summed E-state index contributed by atoms with van der Waals surface area (Å²) in [5.74, 6) is -0.695. The minimum Gasteiger partial charge on any atom is -0.508 e. The second kappa shape index (κ2) is 6.42. The first-order chi connectivity index (χ1) is 7.06. The maximum atomic E-state index is 9.48. The third-order valence-corrected chi connectivity index (χ3v) is 2.17. The Morgan fingerprint density at radius 2 is 1.62 bits per heavy atom. The lowest BCUT2D eigenvalue weighted by atomic mass is 10.0. The molecule has 0 unspecified atom stereocenters. The number of halogens is 1.